The van der Waals surface area contributed by atoms with Crippen LogP contribution in [0, 0.1) is 5.92 Å². The number of hydrogen-bond donors (Lipinski definition) is 1. The van der Waals surface area contributed by atoms with Crippen LogP contribution >= 0.6 is 0 Å². The fourth-order valence-electron chi connectivity index (χ4n) is 2.62. The largest absolute Gasteiger partial charge is 0.497 e. The number of nitrogens with two attached hydrogens (primary N) is 1. The normalized spacial score (nSPS) is 12.1. The molecule has 0 fully saturated rings. The zero-order valence-electron chi connectivity index (χ0n) is 13.0. The van der Waals surface area contributed by atoms with Crippen LogP contribution in [-0.4, -0.2) is 13.7 Å². The van der Waals surface area contributed by atoms with E-state index in [1.807, 2.05) is 12.1 Å². The number of rotatable bonds is 7. The molecule has 2 aromatic rings. The minimum atomic E-state index is 0.463. The molecule has 0 aliphatic rings. The van der Waals surface area contributed by atoms with Gasteiger partial charge >= 0.3 is 0 Å². The Morgan fingerprint density at radius 1 is 0.952 bits per heavy atom. The van der Waals surface area contributed by atoms with Gasteiger partial charge in [-0.3, -0.25) is 0 Å². The van der Waals surface area contributed by atoms with Crippen molar-refractivity contribution in [3.05, 3.63) is 65.2 Å². The highest BCUT2D eigenvalue weighted by Crippen LogP contribution is 2.18. The van der Waals surface area contributed by atoms with Crippen molar-refractivity contribution in [2.24, 2.45) is 11.7 Å². The number of aryl methyl sites for hydroxylation is 1. The molecule has 0 radical (unpaired) electrons. The van der Waals surface area contributed by atoms with Gasteiger partial charge in [0.25, 0.3) is 0 Å². The summed E-state index contributed by atoms with van der Waals surface area (Å²) in [7, 11) is 1.70. The minimum Gasteiger partial charge on any atom is -0.497 e. The molecule has 112 valence electrons. The van der Waals surface area contributed by atoms with Crippen molar-refractivity contribution in [1.29, 1.82) is 0 Å². The lowest BCUT2D eigenvalue weighted by Crippen LogP contribution is -2.19. The summed E-state index contributed by atoms with van der Waals surface area (Å²) in [5, 5.41) is 0. The van der Waals surface area contributed by atoms with Gasteiger partial charge in [-0.05, 0) is 60.5 Å². The van der Waals surface area contributed by atoms with Gasteiger partial charge in [-0.1, -0.05) is 43.3 Å². The van der Waals surface area contributed by atoms with Crippen LogP contribution in [0.25, 0.3) is 0 Å². The molecule has 2 nitrogen and oxygen atoms in total. The maximum absolute atomic E-state index is 5.96. The number of methoxy groups -OCH3 is 1. The molecule has 2 N–H and O–H groups in total. The first kappa shape index (κ1) is 15.6. The Hall–Kier alpha value is -1.80. The average Bonchev–Trinajstić information content (AvgIpc) is 2.55. The minimum absolute atomic E-state index is 0.463. The van der Waals surface area contributed by atoms with Gasteiger partial charge in [-0.2, -0.15) is 0 Å². The molecule has 0 amide bonds. The van der Waals surface area contributed by atoms with E-state index in [9.17, 15) is 0 Å². The van der Waals surface area contributed by atoms with E-state index in [-0.39, 0.29) is 0 Å². The Morgan fingerprint density at radius 2 is 1.62 bits per heavy atom. The van der Waals surface area contributed by atoms with Crippen LogP contribution in [0.3, 0.4) is 0 Å². The summed E-state index contributed by atoms with van der Waals surface area (Å²) in [6.07, 6.45) is 3.10. The zero-order chi connectivity index (χ0) is 15.1. The summed E-state index contributed by atoms with van der Waals surface area (Å²) in [5.41, 5.74) is 10.0. The first-order valence-electron chi connectivity index (χ1n) is 7.66. The van der Waals surface area contributed by atoms with Crippen molar-refractivity contribution in [2.45, 2.75) is 26.2 Å². The summed E-state index contributed by atoms with van der Waals surface area (Å²) >= 11 is 0. The standard InChI is InChI=1S/C19H25NO/c1-3-15-7-9-16(10-8-15)11-18(14-20)12-17-5-4-6-19(13-17)21-2/h4-10,13,18H,3,11-12,14,20H2,1-2H3. The van der Waals surface area contributed by atoms with Gasteiger partial charge in [0.05, 0.1) is 7.11 Å². The average molecular weight is 283 g/mol. The lowest BCUT2D eigenvalue weighted by Gasteiger charge is -2.15. The number of hydrogen-bond acceptors (Lipinski definition) is 2. The molecule has 1 unspecified atom stereocenters. The molecule has 0 saturated heterocycles. The zero-order valence-corrected chi connectivity index (χ0v) is 13.0. The van der Waals surface area contributed by atoms with Crippen molar-refractivity contribution < 1.29 is 4.74 Å². The molecule has 0 heterocycles. The van der Waals surface area contributed by atoms with Crippen LogP contribution < -0.4 is 10.5 Å². The maximum Gasteiger partial charge on any atom is 0.119 e. The van der Waals surface area contributed by atoms with Crippen LogP contribution in [0.15, 0.2) is 48.5 Å². The van der Waals surface area contributed by atoms with Gasteiger partial charge in [0.1, 0.15) is 5.75 Å². The molecule has 0 bridgehead atoms. The molecule has 1 atom stereocenters. The fraction of sp³-hybridized carbons (Fsp3) is 0.368. The lowest BCUT2D eigenvalue weighted by atomic mass is 9.92. The molecule has 0 saturated carbocycles. The van der Waals surface area contributed by atoms with Gasteiger partial charge < -0.3 is 10.5 Å². The Morgan fingerprint density at radius 3 is 2.24 bits per heavy atom. The van der Waals surface area contributed by atoms with Gasteiger partial charge in [0.15, 0.2) is 0 Å². The monoisotopic (exact) mass is 283 g/mol. The second-order valence-corrected chi connectivity index (χ2v) is 5.53. The highest BCUT2D eigenvalue weighted by atomic mass is 16.5. The van der Waals surface area contributed by atoms with E-state index in [2.05, 4.69) is 43.3 Å². The number of benzene rings is 2. The van der Waals surface area contributed by atoms with Gasteiger partial charge in [0.2, 0.25) is 0 Å². The van der Waals surface area contributed by atoms with E-state index < -0.39 is 0 Å². The van der Waals surface area contributed by atoms with Crippen molar-refractivity contribution >= 4 is 0 Å². The molecular formula is C19H25NO. The topological polar surface area (TPSA) is 35.2 Å². The molecule has 0 aromatic heterocycles. The van der Waals surface area contributed by atoms with E-state index >= 15 is 0 Å². The van der Waals surface area contributed by atoms with Crippen LogP contribution in [0.5, 0.6) is 5.75 Å². The first-order valence-corrected chi connectivity index (χ1v) is 7.66. The lowest BCUT2D eigenvalue weighted by molar-refractivity contribution is 0.413. The van der Waals surface area contributed by atoms with Crippen molar-refractivity contribution in [3.63, 3.8) is 0 Å². The smallest absolute Gasteiger partial charge is 0.119 e. The fourth-order valence-corrected chi connectivity index (χ4v) is 2.62. The van der Waals surface area contributed by atoms with E-state index in [0.29, 0.717) is 12.5 Å². The summed E-state index contributed by atoms with van der Waals surface area (Å²) in [5.74, 6) is 1.38. The second-order valence-electron chi connectivity index (χ2n) is 5.53. The van der Waals surface area contributed by atoms with Crippen molar-refractivity contribution in [3.8, 4) is 5.75 Å². The molecule has 21 heavy (non-hydrogen) atoms. The quantitative estimate of drug-likeness (QED) is 0.842. The predicted octanol–water partition coefficient (Wildman–Crippen LogP) is 3.62. The Kier molecular flexibility index (Phi) is 5.82. The van der Waals surface area contributed by atoms with Crippen LogP contribution in [0.2, 0.25) is 0 Å². The van der Waals surface area contributed by atoms with E-state index in [0.717, 1.165) is 25.0 Å². The first-order chi connectivity index (χ1) is 10.2. The summed E-state index contributed by atoms with van der Waals surface area (Å²) < 4.78 is 5.28. The Bertz CT molecular complexity index is 548. The number of ether oxygens (including phenoxy) is 1. The molecule has 0 spiro atoms. The van der Waals surface area contributed by atoms with E-state index in [1.165, 1.54) is 16.7 Å². The highest BCUT2D eigenvalue weighted by Gasteiger charge is 2.10. The summed E-state index contributed by atoms with van der Waals surface area (Å²) in [6.45, 7) is 2.88. The van der Waals surface area contributed by atoms with Gasteiger partial charge in [0, 0.05) is 0 Å². The van der Waals surface area contributed by atoms with Crippen LogP contribution in [-0.2, 0) is 19.3 Å². The van der Waals surface area contributed by atoms with Gasteiger partial charge in [-0.25, -0.2) is 0 Å². The molecule has 2 rings (SSSR count). The van der Waals surface area contributed by atoms with Crippen molar-refractivity contribution in [1.82, 2.24) is 0 Å². The van der Waals surface area contributed by atoms with E-state index in [1.54, 1.807) is 7.11 Å². The summed E-state index contributed by atoms with van der Waals surface area (Å²) in [4.78, 5) is 0. The maximum atomic E-state index is 5.96. The predicted molar refractivity (Wildman–Crippen MR) is 88.8 cm³/mol. The molecular weight excluding hydrogens is 258 g/mol. The van der Waals surface area contributed by atoms with Crippen molar-refractivity contribution in [2.75, 3.05) is 13.7 Å². The summed E-state index contributed by atoms with van der Waals surface area (Å²) in [6, 6.07) is 17.2. The third-order valence-electron chi connectivity index (χ3n) is 3.95. The Balaban J connectivity index is 2.01. The van der Waals surface area contributed by atoms with Crippen LogP contribution in [0.1, 0.15) is 23.6 Å². The molecule has 2 aromatic carbocycles. The molecule has 0 aliphatic carbocycles. The van der Waals surface area contributed by atoms with E-state index in [4.69, 9.17) is 10.5 Å². The highest BCUT2D eigenvalue weighted by molar-refractivity contribution is 5.29. The third kappa shape index (κ3) is 4.61. The third-order valence-corrected chi connectivity index (χ3v) is 3.95. The SMILES string of the molecule is CCc1ccc(CC(CN)Cc2cccc(OC)c2)cc1. The van der Waals surface area contributed by atoms with Crippen LogP contribution in [0.4, 0.5) is 0 Å². The second kappa shape index (κ2) is 7.84. The van der Waals surface area contributed by atoms with Gasteiger partial charge in [-0.15, -0.1) is 0 Å². The molecule has 2 heteroatoms. The molecule has 0 aliphatic heterocycles. The Labute approximate surface area is 127 Å².